The summed E-state index contributed by atoms with van der Waals surface area (Å²) in [6, 6.07) is 0. The molecule has 0 N–H and O–H groups in total. The maximum Gasteiger partial charge on any atom is 0.0175 e. The molecule has 0 amide bonds. The van der Waals surface area contributed by atoms with Gasteiger partial charge >= 0.3 is 0 Å². The van der Waals surface area contributed by atoms with Crippen LogP contribution in [0.2, 0.25) is 0 Å². The Morgan fingerprint density at radius 3 is 3.17 bits per heavy atom. The van der Waals surface area contributed by atoms with E-state index in [1.165, 1.54) is 25.8 Å². The summed E-state index contributed by atoms with van der Waals surface area (Å²) < 4.78 is 0. The monoisotopic (exact) mass is 163 g/mol. The van der Waals surface area contributed by atoms with Crippen molar-refractivity contribution in [2.24, 2.45) is 5.92 Å². The fourth-order valence-corrected chi connectivity index (χ4v) is 2.15. The Kier molecular flexibility index (Phi) is 1.95. The van der Waals surface area contributed by atoms with Crippen LogP contribution in [0.25, 0.3) is 0 Å². The Hall–Kier alpha value is -0.720. The standard InChI is InChI=1S/C11H17N/c1-9-5-6-10-4-3-7-12(2)11(10)8-9/h5-6,9H,3-4,7-8H2,1-2H3. The molecule has 12 heavy (non-hydrogen) atoms. The summed E-state index contributed by atoms with van der Waals surface area (Å²) in [5.41, 5.74) is 3.18. The van der Waals surface area contributed by atoms with Gasteiger partial charge in [0, 0.05) is 19.3 Å². The van der Waals surface area contributed by atoms with Gasteiger partial charge in [0.05, 0.1) is 0 Å². The second kappa shape index (κ2) is 2.96. The maximum absolute atomic E-state index is 2.43. The van der Waals surface area contributed by atoms with Crippen molar-refractivity contribution in [3.63, 3.8) is 0 Å². The van der Waals surface area contributed by atoms with Gasteiger partial charge in [0.1, 0.15) is 0 Å². The van der Waals surface area contributed by atoms with Crippen molar-refractivity contribution in [1.29, 1.82) is 0 Å². The third-order valence-electron chi connectivity index (χ3n) is 2.91. The van der Waals surface area contributed by atoms with Gasteiger partial charge in [0.15, 0.2) is 0 Å². The summed E-state index contributed by atoms with van der Waals surface area (Å²) in [6.07, 6.45) is 8.55. The highest BCUT2D eigenvalue weighted by molar-refractivity contribution is 5.31. The molecule has 0 aromatic rings. The van der Waals surface area contributed by atoms with E-state index in [0.29, 0.717) is 0 Å². The molecule has 1 heteroatoms. The van der Waals surface area contributed by atoms with Crippen LogP contribution < -0.4 is 0 Å². The van der Waals surface area contributed by atoms with Crippen LogP contribution in [0.5, 0.6) is 0 Å². The third kappa shape index (κ3) is 1.28. The lowest BCUT2D eigenvalue weighted by atomic mass is 9.90. The maximum atomic E-state index is 2.43. The zero-order valence-corrected chi connectivity index (χ0v) is 8.01. The summed E-state index contributed by atoms with van der Waals surface area (Å²) in [7, 11) is 2.22. The zero-order chi connectivity index (χ0) is 8.55. The molecule has 0 saturated carbocycles. The van der Waals surface area contributed by atoms with Crippen LogP contribution >= 0.6 is 0 Å². The first-order valence-electron chi connectivity index (χ1n) is 4.89. The molecule has 0 radical (unpaired) electrons. The van der Waals surface area contributed by atoms with Gasteiger partial charge < -0.3 is 4.90 Å². The van der Waals surface area contributed by atoms with E-state index in [1.807, 2.05) is 0 Å². The van der Waals surface area contributed by atoms with Gasteiger partial charge in [-0.15, -0.1) is 0 Å². The second-order valence-corrected chi connectivity index (χ2v) is 4.04. The molecule has 1 atom stereocenters. The smallest absolute Gasteiger partial charge is 0.0175 e. The molecule has 1 heterocycles. The van der Waals surface area contributed by atoms with Crippen LogP contribution in [-0.4, -0.2) is 18.5 Å². The van der Waals surface area contributed by atoms with Crippen LogP contribution in [0.15, 0.2) is 23.4 Å². The van der Waals surface area contributed by atoms with Gasteiger partial charge in [0.2, 0.25) is 0 Å². The molecule has 1 aliphatic heterocycles. The third-order valence-corrected chi connectivity index (χ3v) is 2.91. The van der Waals surface area contributed by atoms with E-state index in [0.717, 1.165) is 5.92 Å². The zero-order valence-electron chi connectivity index (χ0n) is 8.01. The Balaban J connectivity index is 2.26. The van der Waals surface area contributed by atoms with Crippen LogP contribution in [0.3, 0.4) is 0 Å². The molecule has 0 spiro atoms. The summed E-state index contributed by atoms with van der Waals surface area (Å²) >= 11 is 0. The molecular weight excluding hydrogens is 146 g/mol. The van der Waals surface area contributed by atoms with E-state index in [2.05, 4.69) is 31.0 Å². The highest BCUT2D eigenvalue weighted by Gasteiger charge is 2.19. The van der Waals surface area contributed by atoms with E-state index in [4.69, 9.17) is 0 Å². The molecule has 1 unspecified atom stereocenters. The largest absolute Gasteiger partial charge is 0.378 e. The van der Waals surface area contributed by atoms with Crippen LogP contribution in [0.1, 0.15) is 26.2 Å². The average Bonchev–Trinajstić information content (AvgIpc) is 2.07. The summed E-state index contributed by atoms with van der Waals surface area (Å²) in [4.78, 5) is 2.43. The average molecular weight is 163 g/mol. The Morgan fingerprint density at radius 1 is 1.50 bits per heavy atom. The highest BCUT2D eigenvalue weighted by atomic mass is 15.1. The minimum Gasteiger partial charge on any atom is -0.378 e. The molecule has 0 aromatic carbocycles. The van der Waals surface area contributed by atoms with E-state index in [1.54, 1.807) is 11.3 Å². The predicted molar refractivity (Wildman–Crippen MR) is 51.8 cm³/mol. The second-order valence-electron chi connectivity index (χ2n) is 4.04. The molecule has 0 bridgehead atoms. The van der Waals surface area contributed by atoms with Gasteiger partial charge in [-0.25, -0.2) is 0 Å². The summed E-state index contributed by atoms with van der Waals surface area (Å²) in [5.74, 6) is 0.740. The lowest BCUT2D eigenvalue weighted by Crippen LogP contribution is -2.26. The Morgan fingerprint density at radius 2 is 2.33 bits per heavy atom. The predicted octanol–water partition coefficient (Wildman–Crippen LogP) is 2.56. The molecule has 2 rings (SSSR count). The Labute approximate surface area is 74.8 Å². The lowest BCUT2D eigenvalue weighted by molar-refractivity contribution is 0.352. The fourth-order valence-electron chi connectivity index (χ4n) is 2.15. The number of hydrogen-bond acceptors (Lipinski definition) is 1. The molecule has 2 aliphatic rings. The molecule has 0 fully saturated rings. The molecule has 1 nitrogen and oxygen atoms in total. The molecule has 0 saturated heterocycles. The van der Waals surface area contributed by atoms with Crippen molar-refractivity contribution in [3.8, 4) is 0 Å². The van der Waals surface area contributed by atoms with Crippen molar-refractivity contribution in [1.82, 2.24) is 4.90 Å². The molecule has 1 aliphatic carbocycles. The van der Waals surface area contributed by atoms with Gasteiger partial charge in [-0.3, -0.25) is 0 Å². The van der Waals surface area contributed by atoms with E-state index in [-0.39, 0.29) is 0 Å². The lowest BCUT2D eigenvalue weighted by Gasteiger charge is -2.33. The first-order valence-corrected chi connectivity index (χ1v) is 4.89. The molecule has 66 valence electrons. The van der Waals surface area contributed by atoms with Gasteiger partial charge in [0.25, 0.3) is 0 Å². The molecular formula is C11H17N. The normalized spacial score (nSPS) is 29.2. The van der Waals surface area contributed by atoms with E-state index < -0.39 is 0 Å². The topological polar surface area (TPSA) is 3.24 Å². The minimum absolute atomic E-state index is 0.740. The van der Waals surface area contributed by atoms with Crippen LogP contribution in [-0.2, 0) is 0 Å². The van der Waals surface area contributed by atoms with Crippen molar-refractivity contribution in [2.45, 2.75) is 26.2 Å². The quantitative estimate of drug-likeness (QED) is 0.530. The van der Waals surface area contributed by atoms with Gasteiger partial charge in [-0.1, -0.05) is 19.1 Å². The van der Waals surface area contributed by atoms with Crippen molar-refractivity contribution >= 4 is 0 Å². The van der Waals surface area contributed by atoms with E-state index in [9.17, 15) is 0 Å². The summed E-state index contributed by atoms with van der Waals surface area (Å²) in [6.45, 7) is 3.54. The van der Waals surface area contributed by atoms with Gasteiger partial charge in [-0.2, -0.15) is 0 Å². The van der Waals surface area contributed by atoms with Gasteiger partial charge in [-0.05, 0) is 30.8 Å². The number of nitrogens with zero attached hydrogens (tertiary/aromatic N) is 1. The van der Waals surface area contributed by atoms with Crippen molar-refractivity contribution in [3.05, 3.63) is 23.4 Å². The molecule has 0 aromatic heterocycles. The number of allylic oxidation sites excluding steroid dienone is 4. The van der Waals surface area contributed by atoms with Crippen molar-refractivity contribution in [2.75, 3.05) is 13.6 Å². The van der Waals surface area contributed by atoms with E-state index >= 15 is 0 Å². The number of rotatable bonds is 0. The summed E-state index contributed by atoms with van der Waals surface area (Å²) in [5, 5.41) is 0. The Bertz CT molecular complexity index is 237. The van der Waals surface area contributed by atoms with Crippen LogP contribution in [0.4, 0.5) is 0 Å². The SMILES string of the molecule is CC1C=CC2=C(C1)N(C)CCC2. The first kappa shape index (κ1) is 7.90. The van der Waals surface area contributed by atoms with Crippen LogP contribution in [0, 0.1) is 5.92 Å². The van der Waals surface area contributed by atoms with Crippen molar-refractivity contribution < 1.29 is 0 Å². The fraction of sp³-hybridized carbons (Fsp3) is 0.636. The first-order chi connectivity index (χ1) is 5.77. The highest BCUT2D eigenvalue weighted by Crippen LogP contribution is 2.31. The minimum atomic E-state index is 0.740. The number of hydrogen-bond donors (Lipinski definition) is 0.